The number of nitrogens with one attached hydrogen (secondary N) is 11. The highest BCUT2D eigenvalue weighted by molar-refractivity contribution is 7.98. The Bertz CT molecular complexity index is 6540. The maximum atomic E-state index is 12.2. The molecule has 0 unspecified atom stereocenters. The normalized spacial score (nSPS) is 13.1. The van der Waals surface area contributed by atoms with E-state index in [-0.39, 0.29) is 37.8 Å². The van der Waals surface area contributed by atoms with Crippen LogP contribution in [0.5, 0.6) is 34.5 Å². The fourth-order valence-electron chi connectivity index (χ4n) is 14.6. The predicted octanol–water partition coefficient (Wildman–Crippen LogP) is 12.3. The van der Waals surface area contributed by atoms with Crippen LogP contribution in [-0.2, 0) is 79.4 Å². The number of hydrogen-bond acceptors (Lipinski definition) is 37. The number of nitro groups is 1. The third-order valence-corrected chi connectivity index (χ3v) is 22.8. The van der Waals surface area contributed by atoms with Crippen molar-refractivity contribution in [2.45, 2.75) is 52.3 Å². The number of anilines is 11. The number of rotatable bonds is 28. The van der Waals surface area contributed by atoms with Crippen molar-refractivity contribution in [3.8, 4) is 46.6 Å². The first-order chi connectivity index (χ1) is 69.6. The van der Waals surface area contributed by atoms with E-state index in [1.165, 1.54) is 13.2 Å². The minimum atomic E-state index is -3.17. The highest BCUT2D eigenvalue weighted by atomic mass is 32.2. The Morgan fingerprint density at radius 1 is 0.434 bits per heavy atom. The van der Waals surface area contributed by atoms with E-state index in [0.717, 1.165) is 117 Å². The van der Waals surface area contributed by atoms with Gasteiger partial charge in [-0.3, -0.25) is 26.6 Å². The number of fused-ring (bicyclic) bond motifs is 6. The van der Waals surface area contributed by atoms with Crippen LogP contribution in [0.4, 0.5) is 92.7 Å². The van der Waals surface area contributed by atoms with Gasteiger partial charge in [0.1, 0.15) is 94.9 Å². The second-order valence-corrected chi connectivity index (χ2v) is 34.8. The van der Waals surface area contributed by atoms with Gasteiger partial charge in [0.15, 0.2) is 27.2 Å². The Balaban J connectivity index is 0.000000137. The number of carbonyl (C=O) groups excluding carboxylic acids is 5. The summed E-state index contributed by atoms with van der Waals surface area (Å²) in [6.45, 7) is 12.1. The first-order valence-electron chi connectivity index (χ1n) is 44.6. The minimum absolute atomic E-state index is 0.0718. The van der Waals surface area contributed by atoms with Crippen LogP contribution >= 0.6 is 11.8 Å². The van der Waals surface area contributed by atoms with E-state index in [4.69, 9.17) is 57.9 Å². The van der Waals surface area contributed by atoms with Gasteiger partial charge in [0.25, 0.3) is 5.82 Å². The molecule has 11 N–H and O–H groups in total. The fourth-order valence-corrected chi connectivity index (χ4v) is 15.2. The topological polar surface area (TPSA) is 589 Å². The molecule has 5 aromatic carbocycles. The molecule has 6 aliphatic rings. The SMILES string of the molecule is COC(=O)Nc1ccc2c(n1)N(Cc1cnc[nH]1)CCO2.CS(=O)(=O)CCOC(=O)Nc1ccc2c(c1)N(Cc1cnc[nH]1)CCO2.CSCCOC(=O)Nc1ccc2c(c1)N(Cc1cnc[nH]1)CCO2.N#CCCOC(=O)Nc1ccc2c(c1)N(Cc1cnc[nH]1)CCO2.N#Cc1ccc(COC(=O)Nc2ccc3c(c2)N(Cc2cnc[nH]2)CCO3)cc1.O=[N+]([O-])c1ccc2c(n1)N(Cc1cnc[nH]1)CCO2. The monoisotopic (exact) mass is 1990 g/mol. The molecule has 0 atom stereocenters. The maximum absolute atomic E-state index is 12.2. The molecule has 0 fully saturated rings. The summed E-state index contributed by atoms with van der Waals surface area (Å²) in [6.07, 6.45) is 20.8. The molecule has 143 heavy (non-hydrogen) atoms. The summed E-state index contributed by atoms with van der Waals surface area (Å²) in [7, 11) is -1.87. The molecule has 19 rings (SSSR count). The Morgan fingerprint density at radius 3 is 1.11 bits per heavy atom. The molecule has 8 aromatic heterocycles. The van der Waals surface area contributed by atoms with Crippen LogP contribution in [-0.4, -0.2) is 243 Å². The number of benzene rings is 5. The number of carbonyl (C=O) groups is 5. The largest absolute Gasteiger partial charge is 0.490 e. The van der Waals surface area contributed by atoms with Crippen LogP contribution in [0.3, 0.4) is 0 Å². The Kier molecular flexibility index (Phi) is 36.2. The number of H-pyrrole nitrogens is 6. The smallest absolute Gasteiger partial charge is 0.412 e. The Hall–Kier alpha value is -17.7. The van der Waals surface area contributed by atoms with E-state index in [2.05, 4.69) is 132 Å². The van der Waals surface area contributed by atoms with Crippen molar-refractivity contribution >= 4 is 121 Å². The second kappa shape index (κ2) is 51.1. The van der Waals surface area contributed by atoms with Crippen molar-refractivity contribution in [3.63, 3.8) is 0 Å². The summed E-state index contributed by atoms with van der Waals surface area (Å²) in [5.74, 6) is 6.32. The van der Waals surface area contributed by atoms with E-state index < -0.39 is 45.2 Å². The van der Waals surface area contributed by atoms with Crippen LogP contribution in [0, 0.1) is 32.8 Å². The van der Waals surface area contributed by atoms with Gasteiger partial charge in [0, 0.05) is 78.0 Å². The molecule has 0 saturated carbocycles. The van der Waals surface area contributed by atoms with Crippen LogP contribution in [0.1, 0.15) is 51.7 Å². The van der Waals surface area contributed by atoms with E-state index >= 15 is 0 Å². The number of thioether (sulfide) groups is 1. The number of imidazole rings is 6. The summed E-state index contributed by atoms with van der Waals surface area (Å²) in [6, 6.07) is 39.0. The zero-order valence-corrected chi connectivity index (χ0v) is 79.4. The predicted molar refractivity (Wildman–Crippen MR) is 526 cm³/mol. The number of aromatic amines is 6. The molecular weight excluding hydrogens is 1890 g/mol. The van der Waals surface area contributed by atoms with E-state index in [9.17, 15) is 42.5 Å². The molecule has 6 aliphatic heterocycles. The van der Waals surface area contributed by atoms with E-state index in [1.54, 1.807) is 160 Å². The molecule has 0 spiro atoms. The molecule has 746 valence electrons. The van der Waals surface area contributed by atoms with Crippen molar-refractivity contribution in [1.29, 1.82) is 10.5 Å². The van der Waals surface area contributed by atoms with Crippen molar-refractivity contribution < 1.29 is 89.4 Å². The summed E-state index contributed by atoms with van der Waals surface area (Å²) in [5.41, 5.74) is 13.3. The Morgan fingerprint density at radius 2 is 0.769 bits per heavy atom. The highest BCUT2D eigenvalue weighted by Gasteiger charge is 2.30. The second-order valence-electron chi connectivity index (χ2n) is 31.5. The van der Waals surface area contributed by atoms with Gasteiger partial charge in [-0.05, 0) is 125 Å². The summed E-state index contributed by atoms with van der Waals surface area (Å²) in [4.78, 5) is 133. The van der Waals surface area contributed by atoms with Crippen LogP contribution < -0.4 is 84.4 Å². The molecule has 0 saturated heterocycles. The first-order valence-corrected chi connectivity index (χ1v) is 48.0. The third-order valence-electron chi connectivity index (χ3n) is 21.4. The number of pyridine rings is 2. The van der Waals surface area contributed by atoms with Gasteiger partial charge in [0.05, 0.1) is 210 Å². The van der Waals surface area contributed by atoms with Crippen LogP contribution in [0.15, 0.2) is 196 Å². The average Bonchev–Trinajstić information content (AvgIpc) is 1.78. The number of methoxy groups -OCH3 is 1. The molecule has 13 aromatic rings. The van der Waals surface area contributed by atoms with Gasteiger partial charge in [-0.1, -0.05) is 12.1 Å². The van der Waals surface area contributed by atoms with Crippen LogP contribution in [0.25, 0.3) is 0 Å². The molecule has 0 radical (unpaired) electrons. The molecule has 0 aliphatic carbocycles. The lowest BCUT2D eigenvalue weighted by molar-refractivity contribution is -0.389. The van der Waals surface area contributed by atoms with E-state index in [1.807, 2.05) is 59.7 Å². The van der Waals surface area contributed by atoms with Gasteiger partial charge >= 0.3 is 36.3 Å². The number of amides is 5. The van der Waals surface area contributed by atoms with Gasteiger partial charge < -0.3 is 122 Å². The van der Waals surface area contributed by atoms with Crippen LogP contribution in [0.2, 0.25) is 0 Å². The molecule has 5 amide bonds. The summed E-state index contributed by atoms with van der Waals surface area (Å²) < 4.78 is 80.7. The number of hydrogen-bond donors (Lipinski definition) is 11. The molecular formula is C93H102N28O20S2. The zero-order valence-electron chi connectivity index (χ0n) is 77.7. The van der Waals surface area contributed by atoms with Crippen molar-refractivity contribution in [2.75, 3.05) is 186 Å². The number of aromatic nitrogens is 14. The van der Waals surface area contributed by atoms with Crippen molar-refractivity contribution in [2.24, 2.45) is 0 Å². The third kappa shape index (κ3) is 30.6. The molecule has 14 heterocycles. The number of sulfone groups is 1. The number of ether oxygens (including phenoxy) is 11. The van der Waals surface area contributed by atoms with Gasteiger partial charge in [0.2, 0.25) is 0 Å². The molecule has 50 heteroatoms. The zero-order chi connectivity index (χ0) is 100. The lowest BCUT2D eigenvalue weighted by Gasteiger charge is -2.31. The Labute approximate surface area is 822 Å². The minimum Gasteiger partial charge on any atom is -0.490 e. The van der Waals surface area contributed by atoms with E-state index in [0.29, 0.717) is 162 Å². The molecule has 0 bridgehead atoms. The number of nitrogens with zero attached hydrogens (tertiary/aromatic N) is 17. The average molecular weight is 2000 g/mol. The molecule has 48 nitrogen and oxygen atoms in total. The lowest BCUT2D eigenvalue weighted by atomic mass is 10.2. The fraction of sp³-hybridized carbons (Fsp3) is 0.301. The highest BCUT2D eigenvalue weighted by Crippen LogP contribution is 2.41. The summed E-state index contributed by atoms with van der Waals surface area (Å²) in [5, 5.41) is 41.4. The van der Waals surface area contributed by atoms with Gasteiger partial charge in [-0.2, -0.15) is 22.3 Å². The lowest BCUT2D eigenvalue weighted by Crippen LogP contribution is -2.33. The maximum Gasteiger partial charge on any atom is 0.412 e. The van der Waals surface area contributed by atoms with Gasteiger partial charge in [-0.15, -0.1) is 0 Å². The van der Waals surface area contributed by atoms with Gasteiger partial charge in [-0.25, -0.2) is 67.3 Å². The number of nitriles is 2. The first kappa shape index (κ1) is 101. The van der Waals surface area contributed by atoms with Crippen molar-refractivity contribution in [1.82, 2.24) is 69.8 Å². The standard InChI is InChI=1S/C21H19N5O3.C16H17N5O3.C16H20N4O5S.C16H20N4O3S.C13H15N5O3.C11H11N5O3/c22-10-15-1-3-16(4-2-15)13-29-21(27)25-17-5-6-20-19(9-17)26(7-8-28-20)12-18-11-23-14-24-18;17-4-1-6-24-16(22)20-12-2-3-15-14(8-12)21(5-7-23-15)10-13-9-18-11-19-13;1-26(22,23)7-6-25-16(21)19-12-2-3-15-14(8-12)20(4-5-24-15)10-13-9-17-11-18-13;1-24-7-6-23-16(21)19-12-2-3-15-14(8-12)20(4-5-22-15)10-13-9-17-11-18-13;1-20-13(19)17-11-3-2-10-12(16-11)18(4-5-21-10)7-9-6-14-8-15-9;17-16(18)10-2-1-9-11(14-10)15(3-4-19-9)6-8-5-12-7-13-8/h1-6,9,11,14H,7-8,12-13H2,(H,23,24)(H,25,27);2-3,8-9,11H,1,5-7,10H2,(H,18,19)(H,20,22);2-3,8-9,11H,4-7,10H2,1H3,(H,17,18)(H,19,21);2-3,8-9,11H,4-7,10H2,1H3,(H,17,18)(H,19,21);2-3,6,8H,4-5,7H2,1H3,(H,14,15)(H,16,17,19);1-2,5,7H,3-4,6H2,(H,12,13). The van der Waals surface area contributed by atoms with Crippen molar-refractivity contribution in [3.05, 3.63) is 252 Å². The quantitative estimate of drug-likeness (QED) is 0.00939. The summed E-state index contributed by atoms with van der Waals surface area (Å²) >= 11 is 1.63.